The smallest absolute Gasteiger partial charge is 0.119 e. The minimum atomic E-state index is 0.255. The fourth-order valence-corrected chi connectivity index (χ4v) is 2.40. The summed E-state index contributed by atoms with van der Waals surface area (Å²) >= 11 is 0. The molecule has 1 aromatic rings. The summed E-state index contributed by atoms with van der Waals surface area (Å²) in [5.74, 6) is 1.84. The number of ether oxygens (including phenoxy) is 1. The first kappa shape index (κ1) is 12.4. The highest BCUT2D eigenvalue weighted by Gasteiger charge is 2.13. The molecule has 1 aliphatic heterocycles. The molecule has 1 aromatic carbocycles. The lowest BCUT2D eigenvalue weighted by atomic mass is 9.91. The zero-order chi connectivity index (χ0) is 12.1. The van der Waals surface area contributed by atoms with Crippen LogP contribution in [0.4, 0.5) is 0 Å². The average Bonchev–Trinajstić information content (AvgIpc) is 2.32. The molecule has 0 aliphatic carbocycles. The SMILES string of the molecule is CC(C)Oc1ccc(CC2CCNCC2)cc1. The third-order valence-electron chi connectivity index (χ3n) is 3.28. The number of nitrogens with one attached hydrogen (secondary N) is 1. The normalized spacial score (nSPS) is 17.4. The van der Waals surface area contributed by atoms with E-state index in [9.17, 15) is 0 Å². The van der Waals surface area contributed by atoms with Gasteiger partial charge in [0, 0.05) is 0 Å². The first-order valence-electron chi connectivity index (χ1n) is 6.70. The number of hydrogen-bond donors (Lipinski definition) is 1. The van der Waals surface area contributed by atoms with Crippen molar-refractivity contribution in [2.24, 2.45) is 5.92 Å². The third-order valence-corrected chi connectivity index (χ3v) is 3.28. The Morgan fingerprint density at radius 3 is 2.41 bits per heavy atom. The van der Waals surface area contributed by atoms with Crippen LogP contribution in [0.3, 0.4) is 0 Å². The molecule has 0 atom stereocenters. The standard InChI is InChI=1S/C15H23NO/c1-12(2)17-15-5-3-13(4-6-15)11-14-7-9-16-10-8-14/h3-6,12,14,16H,7-11H2,1-2H3. The van der Waals surface area contributed by atoms with Crippen LogP contribution >= 0.6 is 0 Å². The summed E-state index contributed by atoms with van der Waals surface area (Å²) in [4.78, 5) is 0. The van der Waals surface area contributed by atoms with Gasteiger partial charge in [0.05, 0.1) is 6.10 Å². The predicted molar refractivity (Wildman–Crippen MR) is 71.5 cm³/mol. The lowest BCUT2D eigenvalue weighted by Gasteiger charge is -2.22. The largest absolute Gasteiger partial charge is 0.491 e. The van der Waals surface area contributed by atoms with E-state index in [1.54, 1.807) is 0 Å². The van der Waals surface area contributed by atoms with Gasteiger partial charge in [-0.25, -0.2) is 0 Å². The van der Waals surface area contributed by atoms with Gasteiger partial charge in [0.15, 0.2) is 0 Å². The summed E-state index contributed by atoms with van der Waals surface area (Å²) in [5, 5.41) is 3.41. The van der Waals surface area contributed by atoms with Crippen LogP contribution in [0.5, 0.6) is 5.75 Å². The van der Waals surface area contributed by atoms with Gasteiger partial charge in [-0.3, -0.25) is 0 Å². The van der Waals surface area contributed by atoms with E-state index in [1.807, 2.05) is 0 Å². The molecule has 2 heteroatoms. The first-order valence-corrected chi connectivity index (χ1v) is 6.70. The van der Waals surface area contributed by atoms with Gasteiger partial charge in [-0.2, -0.15) is 0 Å². The van der Waals surface area contributed by atoms with E-state index in [-0.39, 0.29) is 6.10 Å². The highest BCUT2D eigenvalue weighted by Crippen LogP contribution is 2.20. The highest BCUT2D eigenvalue weighted by atomic mass is 16.5. The van der Waals surface area contributed by atoms with Gasteiger partial charge in [0.25, 0.3) is 0 Å². The van der Waals surface area contributed by atoms with Crippen molar-refractivity contribution in [2.45, 2.75) is 39.2 Å². The molecule has 1 aliphatic rings. The molecule has 17 heavy (non-hydrogen) atoms. The first-order chi connectivity index (χ1) is 8.24. The van der Waals surface area contributed by atoms with E-state index in [4.69, 9.17) is 4.74 Å². The summed E-state index contributed by atoms with van der Waals surface area (Å²) in [5.41, 5.74) is 1.44. The van der Waals surface area contributed by atoms with Gasteiger partial charge in [-0.15, -0.1) is 0 Å². The maximum atomic E-state index is 5.65. The highest BCUT2D eigenvalue weighted by molar-refractivity contribution is 5.27. The molecule has 1 saturated heterocycles. The van der Waals surface area contributed by atoms with E-state index in [0.29, 0.717) is 0 Å². The lowest BCUT2D eigenvalue weighted by Crippen LogP contribution is -2.28. The van der Waals surface area contributed by atoms with Crippen molar-refractivity contribution in [3.8, 4) is 5.75 Å². The minimum absolute atomic E-state index is 0.255. The summed E-state index contributed by atoms with van der Waals surface area (Å²) in [6.45, 7) is 6.48. The van der Waals surface area contributed by atoms with Crippen molar-refractivity contribution in [2.75, 3.05) is 13.1 Å². The topological polar surface area (TPSA) is 21.3 Å². The van der Waals surface area contributed by atoms with Gasteiger partial charge in [-0.05, 0) is 69.8 Å². The molecule has 94 valence electrons. The lowest BCUT2D eigenvalue weighted by molar-refractivity contribution is 0.242. The van der Waals surface area contributed by atoms with Crippen molar-refractivity contribution >= 4 is 0 Å². The Bertz CT molecular complexity index is 325. The molecule has 2 nitrogen and oxygen atoms in total. The van der Waals surface area contributed by atoms with Crippen molar-refractivity contribution in [3.63, 3.8) is 0 Å². The van der Waals surface area contributed by atoms with Crippen LogP contribution in [0.2, 0.25) is 0 Å². The molecule has 0 saturated carbocycles. The Kier molecular flexibility index (Phi) is 4.43. The summed E-state index contributed by atoms with van der Waals surface area (Å²) in [6, 6.07) is 8.60. The molecule has 0 radical (unpaired) electrons. The Labute approximate surface area is 104 Å². The van der Waals surface area contributed by atoms with E-state index < -0.39 is 0 Å². The van der Waals surface area contributed by atoms with Crippen LogP contribution in [0.25, 0.3) is 0 Å². The molecule has 0 aromatic heterocycles. The van der Waals surface area contributed by atoms with Crippen LogP contribution in [0.1, 0.15) is 32.3 Å². The van der Waals surface area contributed by atoms with Crippen molar-refractivity contribution in [3.05, 3.63) is 29.8 Å². The van der Waals surface area contributed by atoms with Gasteiger partial charge in [0.1, 0.15) is 5.75 Å². The maximum Gasteiger partial charge on any atom is 0.119 e. The predicted octanol–water partition coefficient (Wildman–Crippen LogP) is 3.02. The summed E-state index contributed by atoms with van der Waals surface area (Å²) in [6.07, 6.45) is 4.09. The zero-order valence-corrected chi connectivity index (χ0v) is 10.9. The summed E-state index contributed by atoms with van der Waals surface area (Å²) in [7, 11) is 0. The molecule has 1 fully saturated rings. The second-order valence-electron chi connectivity index (χ2n) is 5.21. The van der Waals surface area contributed by atoms with Gasteiger partial charge in [-0.1, -0.05) is 12.1 Å². The molecular formula is C15H23NO. The van der Waals surface area contributed by atoms with Crippen LogP contribution in [-0.2, 0) is 6.42 Å². The number of benzene rings is 1. The molecule has 0 spiro atoms. The monoisotopic (exact) mass is 233 g/mol. The Morgan fingerprint density at radius 2 is 1.82 bits per heavy atom. The molecule has 0 amide bonds. The van der Waals surface area contributed by atoms with Crippen LogP contribution < -0.4 is 10.1 Å². The fourth-order valence-electron chi connectivity index (χ4n) is 2.40. The minimum Gasteiger partial charge on any atom is -0.491 e. The zero-order valence-electron chi connectivity index (χ0n) is 10.9. The molecule has 0 bridgehead atoms. The Morgan fingerprint density at radius 1 is 1.18 bits per heavy atom. The van der Waals surface area contributed by atoms with Crippen molar-refractivity contribution < 1.29 is 4.74 Å². The molecule has 0 unspecified atom stereocenters. The Hall–Kier alpha value is -1.02. The average molecular weight is 233 g/mol. The molecule has 1 heterocycles. The number of rotatable bonds is 4. The van der Waals surface area contributed by atoms with Crippen molar-refractivity contribution in [1.82, 2.24) is 5.32 Å². The fraction of sp³-hybridized carbons (Fsp3) is 0.600. The van der Waals surface area contributed by atoms with Gasteiger partial charge < -0.3 is 10.1 Å². The van der Waals surface area contributed by atoms with Gasteiger partial charge in [0.2, 0.25) is 0 Å². The van der Waals surface area contributed by atoms with E-state index >= 15 is 0 Å². The number of piperidine rings is 1. The van der Waals surface area contributed by atoms with Crippen LogP contribution in [-0.4, -0.2) is 19.2 Å². The van der Waals surface area contributed by atoms with Gasteiger partial charge >= 0.3 is 0 Å². The van der Waals surface area contributed by atoms with E-state index in [1.165, 1.54) is 37.9 Å². The quantitative estimate of drug-likeness (QED) is 0.863. The second-order valence-corrected chi connectivity index (χ2v) is 5.21. The maximum absolute atomic E-state index is 5.65. The molecule has 2 rings (SSSR count). The Balaban J connectivity index is 1.88. The van der Waals surface area contributed by atoms with Crippen LogP contribution in [0, 0.1) is 5.92 Å². The molecular weight excluding hydrogens is 210 g/mol. The second kappa shape index (κ2) is 6.06. The van der Waals surface area contributed by atoms with Crippen LogP contribution in [0.15, 0.2) is 24.3 Å². The third kappa shape index (κ3) is 4.04. The van der Waals surface area contributed by atoms with E-state index in [2.05, 4.69) is 43.4 Å². The number of hydrogen-bond acceptors (Lipinski definition) is 2. The van der Waals surface area contributed by atoms with E-state index in [0.717, 1.165) is 11.7 Å². The van der Waals surface area contributed by atoms with Crippen molar-refractivity contribution in [1.29, 1.82) is 0 Å². The summed E-state index contributed by atoms with van der Waals surface area (Å²) < 4.78 is 5.65. The molecule has 1 N–H and O–H groups in total.